The van der Waals surface area contributed by atoms with Gasteiger partial charge < -0.3 is 11.1 Å². The Bertz CT molecular complexity index is 1100. The van der Waals surface area contributed by atoms with E-state index < -0.39 is 33.9 Å². The lowest BCUT2D eigenvalue weighted by atomic mass is 10.0. The van der Waals surface area contributed by atoms with Crippen molar-refractivity contribution >= 4 is 21.8 Å². The van der Waals surface area contributed by atoms with E-state index in [9.17, 15) is 22.4 Å². The highest BCUT2D eigenvalue weighted by molar-refractivity contribution is 7.88. The van der Waals surface area contributed by atoms with Gasteiger partial charge >= 0.3 is 0 Å². The topological polar surface area (TPSA) is 133 Å². The van der Waals surface area contributed by atoms with Crippen LogP contribution >= 0.6 is 0 Å². The minimum Gasteiger partial charge on any atom is -0.370 e. The maximum absolute atomic E-state index is 13.4. The van der Waals surface area contributed by atoms with E-state index in [1.165, 1.54) is 19.1 Å². The number of amides is 2. The van der Waals surface area contributed by atoms with Gasteiger partial charge in [-0.05, 0) is 35.7 Å². The zero-order chi connectivity index (χ0) is 23.2. The number of rotatable bonds is 9. The van der Waals surface area contributed by atoms with E-state index in [1.807, 2.05) is 0 Å². The number of hydrogen-bond donors (Lipinski definition) is 2. The van der Waals surface area contributed by atoms with Crippen LogP contribution in [0.25, 0.3) is 11.1 Å². The van der Waals surface area contributed by atoms with Crippen molar-refractivity contribution in [2.24, 2.45) is 5.73 Å². The van der Waals surface area contributed by atoms with Gasteiger partial charge in [-0.15, -0.1) is 0 Å². The third-order valence-corrected chi connectivity index (χ3v) is 5.86. The fraction of sp³-hybridized carbons (Fsp3) is 0.286. The van der Waals surface area contributed by atoms with E-state index >= 15 is 0 Å². The van der Waals surface area contributed by atoms with Gasteiger partial charge in [-0.2, -0.15) is 9.57 Å². The summed E-state index contributed by atoms with van der Waals surface area (Å²) in [5.74, 6) is -1.86. The second-order valence-corrected chi connectivity index (χ2v) is 8.99. The molecule has 31 heavy (non-hydrogen) atoms. The molecule has 0 fully saturated rings. The number of primary amides is 1. The Labute approximate surface area is 180 Å². The molecule has 8 nitrogen and oxygen atoms in total. The van der Waals surface area contributed by atoms with Gasteiger partial charge in [-0.3, -0.25) is 9.59 Å². The maximum atomic E-state index is 13.4. The minimum absolute atomic E-state index is 0.0934. The summed E-state index contributed by atoms with van der Waals surface area (Å²) in [5.41, 5.74) is 7.09. The summed E-state index contributed by atoms with van der Waals surface area (Å²) in [6.07, 6.45) is 0.596. The van der Waals surface area contributed by atoms with Gasteiger partial charge in [0.2, 0.25) is 21.8 Å². The summed E-state index contributed by atoms with van der Waals surface area (Å²) in [5, 5.41) is 11.4. The van der Waals surface area contributed by atoms with Crippen molar-refractivity contribution in [3.63, 3.8) is 0 Å². The molecule has 10 heteroatoms. The SMILES string of the molecule is C[C@@H](C(=O)N[C@H](C#N)CC(N)=O)N(Cc1ccc(-c2cccc(F)c2)cc1)S(C)(=O)=O. The Morgan fingerprint density at radius 1 is 1.19 bits per heavy atom. The number of halogens is 1. The number of nitriles is 1. The summed E-state index contributed by atoms with van der Waals surface area (Å²) >= 11 is 0. The first-order chi connectivity index (χ1) is 14.5. The highest BCUT2D eigenvalue weighted by atomic mass is 32.2. The van der Waals surface area contributed by atoms with E-state index in [4.69, 9.17) is 11.0 Å². The van der Waals surface area contributed by atoms with Crippen LogP contribution in [-0.2, 0) is 26.2 Å². The van der Waals surface area contributed by atoms with Crippen LogP contribution in [0, 0.1) is 17.1 Å². The molecule has 2 amide bonds. The molecule has 164 valence electrons. The molecule has 0 aliphatic heterocycles. The summed E-state index contributed by atoms with van der Waals surface area (Å²) in [7, 11) is -3.79. The first kappa shape index (κ1) is 24.0. The summed E-state index contributed by atoms with van der Waals surface area (Å²) < 4.78 is 39.0. The molecular formula is C21H23FN4O4S. The van der Waals surface area contributed by atoms with Gasteiger partial charge in [-0.1, -0.05) is 36.4 Å². The molecule has 3 N–H and O–H groups in total. The first-order valence-corrected chi connectivity index (χ1v) is 11.2. The average Bonchev–Trinajstić information content (AvgIpc) is 2.70. The maximum Gasteiger partial charge on any atom is 0.239 e. The molecule has 0 aromatic heterocycles. The monoisotopic (exact) mass is 446 g/mol. The summed E-state index contributed by atoms with van der Waals surface area (Å²) in [6, 6.07) is 12.4. The molecule has 2 aromatic carbocycles. The third kappa shape index (κ3) is 6.87. The molecule has 0 saturated carbocycles. The Hall–Kier alpha value is -3.29. The van der Waals surface area contributed by atoms with Crippen molar-refractivity contribution < 1.29 is 22.4 Å². The normalized spacial score (nSPS) is 13.3. The molecule has 0 heterocycles. The minimum atomic E-state index is -3.79. The largest absolute Gasteiger partial charge is 0.370 e. The van der Waals surface area contributed by atoms with Gasteiger partial charge in [0.05, 0.1) is 18.7 Å². The lowest BCUT2D eigenvalue weighted by Crippen LogP contribution is -2.50. The molecule has 0 unspecified atom stereocenters. The van der Waals surface area contributed by atoms with Gasteiger partial charge in [0, 0.05) is 6.54 Å². The molecule has 0 spiro atoms. The van der Waals surface area contributed by atoms with Gasteiger partial charge in [0.15, 0.2) is 0 Å². The average molecular weight is 447 g/mol. The van der Waals surface area contributed by atoms with Crippen LogP contribution in [-0.4, -0.2) is 42.9 Å². The lowest BCUT2D eigenvalue weighted by Gasteiger charge is -2.27. The van der Waals surface area contributed by atoms with E-state index in [2.05, 4.69) is 5.32 Å². The van der Waals surface area contributed by atoms with Gasteiger partial charge in [-0.25, -0.2) is 12.8 Å². The van der Waals surface area contributed by atoms with Crippen molar-refractivity contribution in [2.45, 2.75) is 32.0 Å². The van der Waals surface area contributed by atoms with E-state index in [1.54, 1.807) is 42.5 Å². The number of nitrogens with zero attached hydrogens (tertiary/aromatic N) is 2. The Balaban J connectivity index is 2.19. The van der Waals surface area contributed by atoms with E-state index in [-0.39, 0.29) is 18.8 Å². The summed E-state index contributed by atoms with van der Waals surface area (Å²) in [4.78, 5) is 23.5. The quantitative estimate of drug-likeness (QED) is 0.603. The number of sulfonamides is 1. The predicted octanol–water partition coefficient (Wildman–Crippen LogP) is 1.53. The number of nitrogens with one attached hydrogen (secondary N) is 1. The molecule has 2 atom stereocenters. The van der Waals surface area contributed by atoms with Crippen LogP contribution < -0.4 is 11.1 Å². The zero-order valence-corrected chi connectivity index (χ0v) is 17.9. The van der Waals surface area contributed by atoms with Crippen molar-refractivity contribution in [3.8, 4) is 17.2 Å². The van der Waals surface area contributed by atoms with Crippen LogP contribution in [0.1, 0.15) is 18.9 Å². The molecule has 0 aliphatic carbocycles. The second kappa shape index (κ2) is 10.1. The molecular weight excluding hydrogens is 423 g/mol. The highest BCUT2D eigenvalue weighted by Gasteiger charge is 2.30. The standard InChI is InChI=1S/C21H23FN4O4S/c1-14(21(28)25-19(12-23)11-20(24)27)26(31(2,29)30)13-15-6-8-16(9-7-15)17-4-3-5-18(22)10-17/h3-10,14,19H,11,13H2,1-2H3,(H2,24,27)(H,25,28)/t14-,19-/m0/s1. The van der Waals surface area contributed by atoms with Crippen molar-refractivity contribution in [2.75, 3.05) is 6.26 Å². The highest BCUT2D eigenvalue weighted by Crippen LogP contribution is 2.22. The number of carbonyl (C=O) groups is 2. The third-order valence-electron chi connectivity index (χ3n) is 4.57. The number of nitrogens with two attached hydrogens (primary N) is 1. The van der Waals surface area contributed by atoms with Gasteiger partial charge in [0.1, 0.15) is 17.9 Å². The van der Waals surface area contributed by atoms with Crippen LogP contribution in [0.4, 0.5) is 4.39 Å². The van der Waals surface area contributed by atoms with E-state index in [0.29, 0.717) is 11.1 Å². The van der Waals surface area contributed by atoms with E-state index in [0.717, 1.165) is 16.1 Å². The number of benzene rings is 2. The molecule has 2 aromatic rings. The smallest absolute Gasteiger partial charge is 0.239 e. The number of carbonyl (C=O) groups excluding carboxylic acids is 2. The van der Waals surface area contributed by atoms with Crippen molar-refractivity contribution in [3.05, 3.63) is 59.9 Å². The predicted molar refractivity (Wildman–Crippen MR) is 113 cm³/mol. The van der Waals surface area contributed by atoms with Crippen LogP contribution in [0.15, 0.2) is 48.5 Å². The first-order valence-electron chi connectivity index (χ1n) is 9.31. The fourth-order valence-corrected chi connectivity index (χ4v) is 4.00. The molecule has 0 radical (unpaired) electrons. The molecule has 0 aliphatic rings. The van der Waals surface area contributed by atoms with Crippen LogP contribution in [0.3, 0.4) is 0 Å². The Morgan fingerprint density at radius 2 is 1.84 bits per heavy atom. The lowest BCUT2D eigenvalue weighted by molar-refractivity contribution is -0.125. The number of hydrogen-bond acceptors (Lipinski definition) is 5. The molecule has 0 bridgehead atoms. The summed E-state index contributed by atoms with van der Waals surface area (Å²) in [6.45, 7) is 1.29. The zero-order valence-electron chi connectivity index (χ0n) is 17.1. The van der Waals surface area contributed by atoms with Crippen LogP contribution in [0.2, 0.25) is 0 Å². The van der Waals surface area contributed by atoms with Crippen molar-refractivity contribution in [1.82, 2.24) is 9.62 Å². The van der Waals surface area contributed by atoms with Crippen LogP contribution in [0.5, 0.6) is 0 Å². The molecule has 2 rings (SSSR count). The van der Waals surface area contributed by atoms with Crippen molar-refractivity contribution in [1.29, 1.82) is 5.26 Å². The fourth-order valence-electron chi connectivity index (χ4n) is 2.95. The Kier molecular flexibility index (Phi) is 7.85. The van der Waals surface area contributed by atoms with Gasteiger partial charge in [0.25, 0.3) is 0 Å². The molecule has 0 saturated heterocycles. The second-order valence-electron chi connectivity index (χ2n) is 7.05. The Morgan fingerprint density at radius 3 is 2.35 bits per heavy atom.